The van der Waals surface area contributed by atoms with Gasteiger partial charge in [0.05, 0.1) is 0 Å². The molecule has 1 aromatic carbocycles. The van der Waals surface area contributed by atoms with Crippen molar-refractivity contribution in [1.29, 1.82) is 0 Å². The molecule has 0 saturated heterocycles. The van der Waals surface area contributed by atoms with E-state index in [0.29, 0.717) is 5.04 Å². The first-order valence-corrected chi connectivity index (χ1v) is 14.7. The van der Waals surface area contributed by atoms with Crippen LogP contribution in [0.4, 0.5) is 0 Å². The molecule has 0 bridgehead atoms. The Morgan fingerprint density at radius 3 is 2.05 bits per heavy atom. The van der Waals surface area contributed by atoms with E-state index in [0.717, 1.165) is 0 Å². The Bertz CT molecular complexity index is 639. The quantitative estimate of drug-likeness (QED) is 0.620. The SMILES string of the molecule is CC(C)(C)[Si](C)(C)n1cc(C[Si](C)(C)C)c2ccccc21. The summed E-state index contributed by atoms with van der Waals surface area (Å²) in [6, 6.07) is 10.3. The highest BCUT2D eigenvalue weighted by Gasteiger charge is 2.38. The molecule has 1 nitrogen and oxygen atoms in total. The first kappa shape index (κ1) is 16.6. The fourth-order valence-electron chi connectivity index (χ4n) is 2.79. The second-order valence-corrected chi connectivity index (χ2v) is 19.7. The van der Waals surface area contributed by atoms with Crippen LogP contribution in [0.1, 0.15) is 26.3 Å². The van der Waals surface area contributed by atoms with Gasteiger partial charge in [0.25, 0.3) is 0 Å². The number of fused-ring (bicyclic) bond motifs is 1. The van der Waals surface area contributed by atoms with Crippen LogP contribution in [-0.4, -0.2) is 20.5 Å². The van der Waals surface area contributed by atoms with Gasteiger partial charge in [0.15, 0.2) is 8.24 Å². The summed E-state index contributed by atoms with van der Waals surface area (Å²) in [6.45, 7) is 19.6. The van der Waals surface area contributed by atoms with Crippen molar-refractivity contribution < 1.29 is 0 Å². The topological polar surface area (TPSA) is 4.93 Å². The van der Waals surface area contributed by atoms with Gasteiger partial charge < -0.3 is 4.23 Å². The maximum Gasteiger partial charge on any atom is 0.161 e. The highest BCUT2D eigenvalue weighted by molar-refractivity contribution is 6.79. The number of hydrogen-bond acceptors (Lipinski definition) is 0. The summed E-state index contributed by atoms with van der Waals surface area (Å²) in [5.41, 5.74) is 3.01. The van der Waals surface area contributed by atoms with Gasteiger partial charge in [-0.2, -0.15) is 0 Å². The Morgan fingerprint density at radius 2 is 1.52 bits per heavy atom. The van der Waals surface area contributed by atoms with Crippen LogP contribution in [-0.2, 0) is 6.04 Å². The molecule has 21 heavy (non-hydrogen) atoms. The van der Waals surface area contributed by atoms with E-state index in [1.54, 1.807) is 5.56 Å². The highest BCUT2D eigenvalue weighted by atomic mass is 28.3. The fraction of sp³-hybridized carbons (Fsp3) is 0.556. The summed E-state index contributed by atoms with van der Waals surface area (Å²) in [5, 5.41) is 1.83. The zero-order chi connectivity index (χ0) is 16.1. The van der Waals surface area contributed by atoms with Crippen LogP contribution in [0.5, 0.6) is 0 Å². The minimum Gasteiger partial charge on any atom is -0.374 e. The Morgan fingerprint density at radius 1 is 0.952 bits per heavy atom. The number of hydrogen-bond donors (Lipinski definition) is 0. The minimum atomic E-state index is -1.57. The van der Waals surface area contributed by atoms with Crippen molar-refractivity contribution in [2.45, 2.75) is 64.6 Å². The third-order valence-electron chi connectivity index (χ3n) is 4.95. The van der Waals surface area contributed by atoms with Gasteiger partial charge in [-0.05, 0) is 28.9 Å². The van der Waals surface area contributed by atoms with Crippen molar-refractivity contribution in [3.05, 3.63) is 36.0 Å². The van der Waals surface area contributed by atoms with Crippen LogP contribution in [0.2, 0.25) is 37.8 Å². The average molecular weight is 318 g/mol. The standard InChI is InChI=1S/C18H31NSi2/c1-18(2,3)21(7,8)19-13-15(14-20(4,5)6)16-11-9-10-12-17(16)19/h9-13H,14H2,1-8H3. The molecule has 0 unspecified atom stereocenters. The predicted octanol–water partition coefficient (Wildman–Crippen LogP) is 5.91. The molecule has 0 aliphatic rings. The van der Waals surface area contributed by atoms with E-state index in [4.69, 9.17) is 0 Å². The van der Waals surface area contributed by atoms with Crippen LogP contribution in [0.25, 0.3) is 10.9 Å². The summed E-state index contributed by atoms with van der Waals surface area (Å²) in [5.74, 6) is 0. The summed E-state index contributed by atoms with van der Waals surface area (Å²) in [7, 11) is -2.67. The molecular formula is C18H31NSi2. The molecule has 0 aliphatic carbocycles. The van der Waals surface area contributed by atoms with E-state index in [1.807, 2.05) is 0 Å². The summed E-state index contributed by atoms with van der Waals surface area (Å²) in [4.78, 5) is 0. The van der Waals surface area contributed by atoms with Crippen LogP contribution in [0.3, 0.4) is 0 Å². The molecule has 0 radical (unpaired) electrons. The Balaban J connectivity index is 2.66. The predicted molar refractivity (Wildman–Crippen MR) is 102 cm³/mol. The first-order valence-electron chi connectivity index (χ1n) is 8.03. The van der Waals surface area contributed by atoms with Crippen LogP contribution >= 0.6 is 0 Å². The Kier molecular flexibility index (Phi) is 4.05. The molecule has 0 aliphatic heterocycles. The zero-order valence-corrected chi connectivity index (χ0v) is 17.0. The van der Waals surface area contributed by atoms with Gasteiger partial charge in [0, 0.05) is 19.0 Å². The maximum absolute atomic E-state index is 2.65. The van der Waals surface area contributed by atoms with E-state index in [9.17, 15) is 0 Å². The molecule has 0 fully saturated rings. The zero-order valence-electron chi connectivity index (χ0n) is 15.0. The van der Waals surface area contributed by atoms with E-state index < -0.39 is 16.3 Å². The van der Waals surface area contributed by atoms with Crippen molar-refractivity contribution in [3.8, 4) is 0 Å². The normalized spacial score (nSPS) is 13.9. The van der Waals surface area contributed by atoms with Gasteiger partial charge in [-0.1, -0.05) is 71.7 Å². The van der Waals surface area contributed by atoms with Crippen molar-refractivity contribution >= 4 is 27.2 Å². The lowest BCUT2D eigenvalue weighted by Gasteiger charge is -2.38. The minimum absolute atomic E-state index is 0.352. The summed E-state index contributed by atoms with van der Waals surface area (Å²) >= 11 is 0. The van der Waals surface area contributed by atoms with Crippen molar-refractivity contribution in [2.24, 2.45) is 0 Å². The Hall–Kier alpha value is -0.806. The van der Waals surface area contributed by atoms with Crippen molar-refractivity contribution in [3.63, 3.8) is 0 Å². The largest absolute Gasteiger partial charge is 0.374 e. The van der Waals surface area contributed by atoms with Gasteiger partial charge >= 0.3 is 0 Å². The van der Waals surface area contributed by atoms with E-state index in [1.165, 1.54) is 16.9 Å². The molecule has 2 rings (SSSR count). The van der Waals surface area contributed by atoms with Gasteiger partial charge in [-0.25, -0.2) is 0 Å². The molecule has 0 atom stereocenters. The van der Waals surface area contributed by atoms with Gasteiger partial charge in [0.2, 0.25) is 0 Å². The van der Waals surface area contributed by atoms with E-state index >= 15 is 0 Å². The monoisotopic (exact) mass is 317 g/mol. The van der Waals surface area contributed by atoms with Crippen molar-refractivity contribution in [2.75, 3.05) is 0 Å². The van der Waals surface area contributed by atoms with E-state index in [2.05, 4.69) is 88.2 Å². The molecule has 1 heterocycles. The second kappa shape index (κ2) is 5.13. The molecular weight excluding hydrogens is 286 g/mol. The van der Waals surface area contributed by atoms with Gasteiger partial charge in [0.1, 0.15) is 0 Å². The van der Waals surface area contributed by atoms with Crippen LogP contribution < -0.4 is 0 Å². The lowest BCUT2D eigenvalue weighted by molar-refractivity contribution is 0.703. The van der Waals surface area contributed by atoms with Crippen molar-refractivity contribution in [1.82, 2.24) is 4.23 Å². The van der Waals surface area contributed by atoms with Crippen LogP contribution in [0.15, 0.2) is 30.5 Å². The number of nitrogens with zero attached hydrogens (tertiary/aromatic N) is 1. The molecule has 1 aromatic heterocycles. The number of benzene rings is 1. The smallest absolute Gasteiger partial charge is 0.161 e. The molecule has 0 N–H and O–H groups in total. The fourth-order valence-corrected chi connectivity index (χ4v) is 6.21. The third kappa shape index (κ3) is 3.19. The Labute approximate surface area is 132 Å². The lowest BCUT2D eigenvalue weighted by Crippen LogP contribution is -2.44. The lowest BCUT2D eigenvalue weighted by atomic mass is 10.2. The second-order valence-electron chi connectivity index (χ2n) is 9.09. The maximum atomic E-state index is 2.65. The highest BCUT2D eigenvalue weighted by Crippen LogP contribution is 2.40. The number of rotatable bonds is 3. The molecule has 0 saturated carbocycles. The number of aromatic nitrogens is 1. The molecule has 0 spiro atoms. The number of para-hydroxylation sites is 1. The molecule has 2 aromatic rings. The molecule has 116 valence electrons. The summed E-state index contributed by atoms with van der Waals surface area (Å²) in [6.07, 6.45) is 2.49. The van der Waals surface area contributed by atoms with Crippen LogP contribution in [0, 0.1) is 0 Å². The molecule has 3 heteroatoms. The third-order valence-corrected chi connectivity index (χ3v) is 11.6. The summed E-state index contributed by atoms with van der Waals surface area (Å²) < 4.78 is 2.65. The van der Waals surface area contributed by atoms with E-state index in [-0.39, 0.29) is 0 Å². The van der Waals surface area contributed by atoms with Gasteiger partial charge in [-0.3, -0.25) is 0 Å². The average Bonchev–Trinajstić information content (AvgIpc) is 2.65. The first-order chi connectivity index (χ1) is 9.43. The molecule has 0 amide bonds. The van der Waals surface area contributed by atoms with Gasteiger partial charge in [-0.15, -0.1) is 0 Å².